The molecule has 3 heterocycles. The van der Waals surface area contributed by atoms with Gasteiger partial charge in [0.05, 0.1) is 0 Å². The summed E-state index contributed by atoms with van der Waals surface area (Å²) >= 11 is 0. The van der Waals surface area contributed by atoms with Crippen LogP contribution in [-0.4, -0.2) is 41.3 Å². The Kier molecular flexibility index (Phi) is 4.58. The highest BCUT2D eigenvalue weighted by Gasteiger charge is 2.26. The number of H-pyrrole nitrogens is 1. The average Bonchev–Trinajstić information content (AvgIpc) is 3.14. The number of aromatic nitrogens is 1. The van der Waals surface area contributed by atoms with Crippen LogP contribution >= 0.6 is 0 Å². The lowest BCUT2D eigenvalue weighted by atomic mass is 9.90. The SMILES string of the molecule is O=C1NCCc2c1[nH]c1ccc(C(=O)N3CCC(Cc4ccccc4)CC3)cc21. The summed E-state index contributed by atoms with van der Waals surface area (Å²) in [5.41, 5.74) is 4.68. The van der Waals surface area contributed by atoms with Crippen LogP contribution in [0.1, 0.15) is 44.8 Å². The summed E-state index contributed by atoms with van der Waals surface area (Å²) in [4.78, 5) is 30.3. The molecule has 5 heteroatoms. The van der Waals surface area contributed by atoms with Crippen LogP contribution in [0.4, 0.5) is 0 Å². The molecule has 5 rings (SSSR count). The molecule has 2 aliphatic rings. The van der Waals surface area contributed by atoms with Gasteiger partial charge in [0, 0.05) is 36.1 Å². The van der Waals surface area contributed by atoms with E-state index in [-0.39, 0.29) is 11.8 Å². The molecule has 0 aliphatic carbocycles. The Bertz CT molecular complexity index is 1060. The molecule has 0 bridgehead atoms. The van der Waals surface area contributed by atoms with Crippen molar-refractivity contribution in [2.45, 2.75) is 25.7 Å². The number of piperidine rings is 1. The molecule has 0 saturated carbocycles. The quantitative estimate of drug-likeness (QED) is 0.722. The van der Waals surface area contributed by atoms with Gasteiger partial charge in [0.25, 0.3) is 11.8 Å². The Morgan fingerprint density at radius 1 is 1.07 bits per heavy atom. The Hall–Kier alpha value is -3.08. The smallest absolute Gasteiger partial charge is 0.268 e. The number of nitrogens with one attached hydrogen (secondary N) is 2. The Labute approximate surface area is 170 Å². The third kappa shape index (κ3) is 3.41. The first kappa shape index (κ1) is 18.0. The fourth-order valence-electron chi connectivity index (χ4n) is 4.69. The molecular weight excluding hydrogens is 362 g/mol. The molecular formula is C24H25N3O2. The highest BCUT2D eigenvalue weighted by atomic mass is 16.2. The van der Waals surface area contributed by atoms with E-state index < -0.39 is 0 Å². The second kappa shape index (κ2) is 7.39. The first-order valence-corrected chi connectivity index (χ1v) is 10.4. The van der Waals surface area contributed by atoms with Gasteiger partial charge in [0.2, 0.25) is 0 Å². The lowest BCUT2D eigenvalue weighted by Gasteiger charge is -2.32. The van der Waals surface area contributed by atoms with Crippen molar-refractivity contribution >= 4 is 22.7 Å². The largest absolute Gasteiger partial charge is 0.350 e. The molecule has 1 aromatic heterocycles. The van der Waals surface area contributed by atoms with Gasteiger partial charge in [-0.25, -0.2) is 0 Å². The summed E-state index contributed by atoms with van der Waals surface area (Å²) in [5, 5.41) is 3.86. The van der Waals surface area contributed by atoms with Crippen molar-refractivity contribution < 1.29 is 9.59 Å². The molecule has 3 aromatic rings. The summed E-state index contributed by atoms with van der Waals surface area (Å²) < 4.78 is 0. The zero-order valence-electron chi connectivity index (χ0n) is 16.4. The number of likely N-dealkylation sites (tertiary alicyclic amines) is 1. The van der Waals surface area contributed by atoms with Crippen molar-refractivity contribution in [3.63, 3.8) is 0 Å². The number of benzene rings is 2. The summed E-state index contributed by atoms with van der Waals surface area (Å²) in [6, 6.07) is 16.4. The van der Waals surface area contributed by atoms with Gasteiger partial charge in [-0.15, -0.1) is 0 Å². The third-order valence-corrected chi connectivity index (χ3v) is 6.31. The zero-order valence-corrected chi connectivity index (χ0v) is 16.4. The van der Waals surface area contributed by atoms with E-state index in [1.54, 1.807) is 0 Å². The maximum absolute atomic E-state index is 13.1. The predicted octanol–water partition coefficient (Wildman–Crippen LogP) is 3.55. The fraction of sp³-hybridized carbons (Fsp3) is 0.333. The van der Waals surface area contributed by atoms with Gasteiger partial charge in [-0.1, -0.05) is 30.3 Å². The van der Waals surface area contributed by atoms with Crippen LogP contribution in [0.15, 0.2) is 48.5 Å². The number of nitrogens with zero attached hydrogens (tertiary/aromatic N) is 1. The minimum atomic E-state index is -0.0594. The van der Waals surface area contributed by atoms with E-state index in [1.165, 1.54) is 5.56 Å². The molecule has 0 radical (unpaired) electrons. The molecule has 0 spiro atoms. The van der Waals surface area contributed by atoms with Crippen LogP contribution in [0.5, 0.6) is 0 Å². The van der Waals surface area contributed by atoms with Crippen LogP contribution in [0.3, 0.4) is 0 Å². The topological polar surface area (TPSA) is 65.2 Å². The molecule has 29 heavy (non-hydrogen) atoms. The molecule has 5 nitrogen and oxygen atoms in total. The number of hydrogen-bond acceptors (Lipinski definition) is 2. The van der Waals surface area contributed by atoms with Crippen molar-refractivity contribution in [3.05, 3.63) is 70.9 Å². The second-order valence-corrected chi connectivity index (χ2v) is 8.17. The van der Waals surface area contributed by atoms with E-state index in [9.17, 15) is 9.59 Å². The minimum absolute atomic E-state index is 0.0594. The fourth-order valence-corrected chi connectivity index (χ4v) is 4.69. The molecule has 2 aliphatic heterocycles. The summed E-state index contributed by atoms with van der Waals surface area (Å²) in [6.45, 7) is 2.26. The maximum Gasteiger partial charge on any atom is 0.268 e. The summed E-state index contributed by atoms with van der Waals surface area (Å²) in [6.07, 6.45) is 3.97. The Morgan fingerprint density at radius 3 is 2.66 bits per heavy atom. The van der Waals surface area contributed by atoms with Crippen molar-refractivity contribution in [2.24, 2.45) is 5.92 Å². The predicted molar refractivity (Wildman–Crippen MR) is 113 cm³/mol. The van der Waals surface area contributed by atoms with E-state index >= 15 is 0 Å². The van der Waals surface area contributed by atoms with Gasteiger partial charge in [-0.05, 0) is 60.9 Å². The molecule has 2 aromatic carbocycles. The van der Waals surface area contributed by atoms with Crippen LogP contribution in [0.2, 0.25) is 0 Å². The first-order valence-electron chi connectivity index (χ1n) is 10.4. The van der Waals surface area contributed by atoms with Gasteiger partial charge in [0.15, 0.2) is 0 Å². The van der Waals surface area contributed by atoms with E-state index in [0.29, 0.717) is 23.7 Å². The van der Waals surface area contributed by atoms with Crippen LogP contribution in [-0.2, 0) is 12.8 Å². The third-order valence-electron chi connectivity index (χ3n) is 6.31. The molecule has 0 atom stereocenters. The van der Waals surface area contributed by atoms with Gasteiger partial charge in [0.1, 0.15) is 5.69 Å². The number of aromatic amines is 1. The van der Waals surface area contributed by atoms with E-state index in [1.807, 2.05) is 23.1 Å². The second-order valence-electron chi connectivity index (χ2n) is 8.17. The van der Waals surface area contributed by atoms with Gasteiger partial charge in [-0.3, -0.25) is 9.59 Å². The van der Waals surface area contributed by atoms with Crippen LogP contribution < -0.4 is 5.32 Å². The van der Waals surface area contributed by atoms with Crippen molar-refractivity contribution in [1.82, 2.24) is 15.2 Å². The Balaban J connectivity index is 1.30. The highest BCUT2D eigenvalue weighted by Crippen LogP contribution is 2.28. The number of fused-ring (bicyclic) bond motifs is 3. The first-order chi connectivity index (χ1) is 14.2. The normalized spacial score (nSPS) is 17.2. The molecule has 1 saturated heterocycles. The van der Waals surface area contributed by atoms with E-state index in [0.717, 1.165) is 55.2 Å². The molecule has 2 amide bonds. The number of carbonyl (C=O) groups is 2. The highest BCUT2D eigenvalue weighted by molar-refractivity contribution is 6.04. The Morgan fingerprint density at radius 2 is 1.86 bits per heavy atom. The zero-order chi connectivity index (χ0) is 19.8. The standard InChI is InChI=1S/C24H25N3O2/c28-23-22-19(8-11-25-23)20-15-18(6-7-21(20)26-22)24(29)27-12-9-17(10-13-27)14-16-4-2-1-3-5-16/h1-7,15,17,26H,8-14H2,(H,25,28). The number of rotatable bonds is 3. The van der Waals surface area contributed by atoms with E-state index in [2.05, 4.69) is 40.6 Å². The van der Waals surface area contributed by atoms with Crippen molar-refractivity contribution in [3.8, 4) is 0 Å². The van der Waals surface area contributed by atoms with E-state index in [4.69, 9.17) is 0 Å². The van der Waals surface area contributed by atoms with Crippen LogP contribution in [0, 0.1) is 5.92 Å². The van der Waals surface area contributed by atoms with Crippen molar-refractivity contribution in [1.29, 1.82) is 0 Å². The number of carbonyl (C=O) groups excluding carboxylic acids is 2. The maximum atomic E-state index is 13.1. The summed E-state index contributed by atoms with van der Waals surface area (Å²) in [7, 11) is 0. The molecule has 148 valence electrons. The average molecular weight is 387 g/mol. The molecule has 0 unspecified atom stereocenters. The van der Waals surface area contributed by atoms with Crippen LogP contribution in [0.25, 0.3) is 10.9 Å². The van der Waals surface area contributed by atoms with Gasteiger partial charge >= 0.3 is 0 Å². The lowest BCUT2D eigenvalue weighted by Crippen LogP contribution is -2.38. The molecule has 2 N–H and O–H groups in total. The minimum Gasteiger partial charge on any atom is -0.350 e. The number of hydrogen-bond donors (Lipinski definition) is 2. The lowest BCUT2D eigenvalue weighted by molar-refractivity contribution is 0.0690. The van der Waals surface area contributed by atoms with Gasteiger partial charge < -0.3 is 15.2 Å². The molecule has 1 fully saturated rings. The van der Waals surface area contributed by atoms with Gasteiger partial charge in [-0.2, -0.15) is 0 Å². The number of amides is 2. The monoisotopic (exact) mass is 387 g/mol. The summed E-state index contributed by atoms with van der Waals surface area (Å²) in [5.74, 6) is 0.676. The van der Waals surface area contributed by atoms with Crippen molar-refractivity contribution in [2.75, 3.05) is 19.6 Å².